The lowest BCUT2D eigenvalue weighted by Crippen LogP contribution is -2.38. The van der Waals surface area contributed by atoms with Gasteiger partial charge in [0.25, 0.3) is 5.91 Å². The molecule has 4 heteroatoms. The van der Waals surface area contributed by atoms with Gasteiger partial charge in [-0.1, -0.05) is 0 Å². The van der Waals surface area contributed by atoms with Crippen molar-refractivity contribution in [2.45, 2.75) is 24.6 Å². The minimum absolute atomic E-state index is 0.119. The second kappa shape index (κ2) is 4.81. The van der Waals surface area contributed by atoms with Crippen LogP contribution in [-0.4, -0.2) is 35.9 Å². The first-order valence-electron chi connectivity index (χ1n) is 6.43. The van der Waals surface area contributed by atoms with E-state index in [1.165, 1.54) is 0 Å². The summed E-state index contributed by atoms with van der Waals surface area (Å²) in [5.74, 6) is 1.04. The largest absolute Gasteiger partial charge is 0.493 e. The third-order valence-corrected chi connectivity index (χ3v) is 4.08. The molecule has 2 aliphatic heterocycles. The Balaban J connectivity index is 1.76. The number of carbonyl (C=O) groups excluding carboxylic acids is 1. The minimum Gasteiger partial charge on any atom is -0.493 e. The zero-order chi connectivity index (χ0) is 12.5. The highest BCUT2D eigenvalue weighted by molar-refractivity contribution is 6.20. The van der Waals surface area contributed by atoms with Gasteiger partial charge in [-0.05, 0) is 36.6 Å². The number of halogens is 1. The fourth-order valence-electron chi connectivity index (χ4n) is 2.55. The Bertz CT molecular complexity index is 467. The summed E-state index contributed by atoms with van der Waals surface area (Å²) in [4.78, 5) is 14.2. The maximum absolute atomic E-state index is 12.3. The van der Waals surface area contributed by atoms with Crippen molar-refractivity contribution in [1.82, 2.24) is 4.90 Å². The van der Waals surface area contributed by atoms with E-state index in [1.54, 1.807) is 0 Å². The number of carbonyl (C=O) groups is 1. The van der Waals surface area contributed by atoms with Crippen LogP contribution in [0.1, 0.15) is 28.8 Å². The van der Waals surface area contributed by atoms with E-state index < -0.39 is 0 Å². The normalized spacial score (nSPS) is 19.5. The predicted octanol–water partition coefficient (Wildman–Crippen LogP) is 2.46. The third-order valence-electron chi connectivity index (χ3n) is 3.65. The van der Waals surface area contributed by atoms with Crippen LogP contribution in [0.5, 0.6) is 5.75 Å². The van der Waals surface area contributed by atoms with Crippen molar-refractivity contribution in [2.75, 3.05) is 19.7 Å². The summed E-state index contributed by atoms with van der Waals surface area (Å²) in [6, 6.07) is 5.74. The zero-order valence-corrected chi connectivity index (χ0v) is 10.9. The zero-order valence-electron chi connectivity index (χ0n) is 10.2. The predicted molar refractivity (Wildman–Crippen MR) is 70.4 cm³/mol. The average molecular weight is 266 g/mol. The Morgan fingerprint density at radius 1 is 1.33 bits per heavy atom. The van der Waals surface area contributed by atoms with Gasteiger partial charge in [0.05, 0.1) is 6.61 Å². The number of hydrogen-bond acceptors (Lipinski definition) is 2. The van der Waals surface area contributed by atoms with Gasteiger partial charge in [-0.25, -0.2) is 0 Å². The summed E-state index contributed by atoms with van der Waals surface area (Å²) in [6.07, 6.45) is 2.68. The van der Waals surface area contributed by atoms with Crippen LogP contribution < -0.4 is 4.74 Å². The third kappa shape index (κ3) is 2.19. The van der Waals surface area contributed by atoms with Crippen LogP contribution in [0.25, 0.3) is 0 Å². The molecule has 18 heavy (non-hydrogen) atoms. The van der Waals surface area contributed by atoms with E-state index in [-0.39, 0.29) is 11.3 Å². The van der Waals surface area contributed by atoms with Crippen molar-refractivity contribution in [2.24, 2.45) is 0 Å². The molecule has 0 aromatic heterocycles. The van der Waals surface area contributed by atoms with Gasteiger partial charge in [-0.15, -0.1) is 11.6 Å². The molecule has 0 N–H and O–H groups in total. The van der Waals surface area contributed by atoms with Crippen LogP contribution in [0.4, 0.5) is 0 Å². The molecular formula is C14H16ClNO2. The Hall–Kier alpha value is -1.22. The molecule has 0 spiro atoms. The number of nitrogens with zero attached hydrogens (tertiary/aromatic N) is 1. The second-order valence-electron chi connectivity index (χ2n) is 4.89. The van der Waals surface area contributed by atoms with Gasteiger partial charge < -0.3 is 9.64 Å². The van der Waals surface area contributed by atoms with Crippen LogP contribution in [0.3, 0.4) is 0 Å². The number of likely N-dealkylation sites (tertiary alicyclic amines) is 1. The molecule has 1 aromatic rings. The van der Waals surface area contributed by atoms with E-state index in [4.69, 9.17) is 16.3 Å². The van der Waals surface area contributed by atoms with E-state index >= 15 is 0 Å². The maximum Gasteiger partial charge on any atom is 0.253 e. The van der Waals surface area contributed by atoms with Crippen LogP contribution in [0.2, 0.25) is 0 Å². The van der Waals surface area contributed by atoms with Gasteiger partial charge in [0.2, 0.25) is 0 Å². The number of ether oxygens (including phenoxy) is 1. The molecule has 0 aliphatic carbocycles. The molecule has 0 unspecified atom stereocenters. The number of alkyl halides is 1. The molecule has 96 valence electrons. The van der Waals surface area contributed by atoms with Crippen molar-refractivity contribution in [1.29, 1.82) is 0 Å². The summed E-state index contributed by atoms with van der Waals surface area (Å²) in [5.41, 5.74) is 1.92. The van der Waals surface area contributed by atoms with E-state index in [0.717, 1.165) is 55.8 Å². The summed E-state index contributed by atoms with van der Waals surface area (Å²) in [5, 5.41) is 0.225. The monoisotopic (exact) mass is 265 g/mol. The Labute approximate surface area is 112 Å². The van der Waals surface area contributed by atoms with Crippen molar-refractivity contribution in [3.8, 4) is 5.75 Å². The molecule has 2 aliphatic rings. The first-order chi connectivity index (χ1) is 8.74. The highest BCUT2D eigenvalue weighted by Crippen LogP contribution is 2.27. The molecule has 0 radical (unpaired) electrons. The highest BCUT2D eigenvalue weighted by Gasteiger charge is 2.23. The van der Waals surface area contributed by atoms with Crippen molar-refractivity contribution in [3.63, 3.8) is 0 Å². The molecule has 1 amide bonds. The van der Waals surface area contributed by atoms with Gasteiger partial charge in [0.15, 0.2) is 0 Å². The molecule has 3 nitrogen and oxygen atoms in total. The number of hydrogen-bond donors (Lipinski definition) is 0. The van der Waals surface area contributed by atoms with E-state index in [2.05, 4.69) is 0 Å². The Kier molecular flexibility index (Phi) is 3.16. The standard InChI is InChI=1S/C14H16ClNO2/c15-12-3-6-16(7-4-12)14(17)11-1-2-13-10(9-11)5-8-18-13/h1-2,9,12H,3-8H2. The lowest BCUT2D eigenvalue weighted by atomic mass is 10.1. The SMILES string of the molecule is O=C(c1ccc2c(c1)CCO2)N1CCC(Cl)CC1. The van der Waals surface area contributed by atoms with Crippen LogP contribution in [-0.2, 0) is 6.42 Å². The first-order valence-corrected chi connectivity index (χ1v) is 6.87. The maximum atomic E-state index is 12.3. The van der Waals surface area contributed by atoms with E-state index in [9.17, 15) is 4.79 Å². The minimum atomic E-state index is 0.119. The molecule has 1 aromatic carbocycles. The van der Waals surface area contributed by atoms with Crippen LogP contribution in [0, 0.1) is 0 Å². The fraction of sp³-hybridized carbons (Fsp3) is 0.500. The quantitative estimate of drug-likeness (QED) is 0.730. The molecule has 0 atom stereocenters. The van der Waals surface area contributed by atoms with E-state index in [1.807, 2.05) is 23.1 Å². The summed E-state index contributed by atoms with van der Waals surface area (Å²) in [7, 11) is 0. The number of amides is 1. The van der Waals surface area contributed by atoms with Crippen LogP contribution in [0.15, 0.2) is 18.2 Å². The van der Waals surface area contributed by atoms with E-state index in [0.29, 0.717) is 0 Å². The topological polar surface area (TPSA) is 29.5 Å². The summed E-state index contributed by atoms with van der Waals surface area (Å²) < 4.78 is 5.45. The Morgan fingerprint density at radius 2 is 2.11 bits per heavy atom. The summed E-state index contributed by atoms with van der Waals surface area (Å²) in [6.45, 7) is 2.26. The Morgan fingerprint density at radius 3 is 2.89 bits per heavy atom. The van der Waals surface area contributed by atoms with Crippen LogP contribution >= 0.6 is 11.6 Å². The number of fused-ring (bicyclic) bond motifs is 1. The molecular weight excluding hydrogens is 250 g/mol. The number of piperidine rings is 1. The lowest BCUT2D eigenvalue weighted by Gasteiger charge is -2.29. The van der Waals surface area contributed by atoms with Gasteiger partial charge >= 0.3 is 0 Å². The van der Waals surface area contributed by atoms with Gasteiger partial charge in [-0.2, -0.15) is 0 Å². The highest BCUT2D eigenvalue weighted by atomic mass is 35.5. The number of rotatable bonds is 1. The second-order valence-corrected chi connectivity index (χ2v) is 5.51. The first kappa shape index (κ1) is 11.8. The lowest BCUT2D eigenvalue weighted by molar-refractivity contribution is 0.0726. The van der Waals surface area contributed by atoms with Crippen molar-refractivity contribution >= 4 is 17.5 Å². The molecule has 1 saturated heterocycles. The molecule has 1 fully saturated rings. The molecule has 3 rings (SSSR count). The average Bonchev–Trinajstić information content (AvgIpc) is 2.86. The molecule has 2 heterocycles. The number of benzene rings is 1. The van der Waals surface area contributed by atoms with Gasteiger partial charge in [0.1, 0.15) is 5.75 Å². The molecule has 0 saturated carbocycles. The van der Waals surface area contributed by atoms with Crippen molar-refractivity contribution in [3.05, 3.63) is 29.3 Å². The van der Waals surface area contributed by atoms with Crippen molar-refractivity contribution < 1.29 is 9.53 Å². The van der Waals surface area contributed by atoms with Gasteiger partial charge in [0, 0.05) is 30.5 Å². The molecule has 0 bridgehead atoms. The summed E-state index contributed by atoms with van der Waals surface area (Å²) >= 11 is 6.05. The smallest absolute Gasteiger partial charge is 0.253 e. The fourth-order valence-corrected chi connectivity index (χ4v) is 2.75. The van der Waals surface area contributed by atoms with Gasteiger partial charge in [-0.3, -0.25) is 4.79 Å².